The number of hydrogen-bond donors (Lipinski definition) is 0. The summed E-state index contributed by atoms with van der Waals surface area (Å²) < 4.78 is 2.31. The van der Waals surface area contributed by atoms with E-state index in [0.717, 1.165) is 55.6 Å². The molecule has 0 amide bonds. The van der Waals surface area contributed by atoms with Crippen LogP contribution in [0.1, 0.15) is 0 Å². The molecule has 0 aliphatic carbocycles. The summed E-state index contributed by atoms with van der Waals surface area (Å²) in [7, 11) is 0. The van der Waals surface area contributed by atoms with Crippen molar-refractivity contribution in [3.63, 3.8) is 0 Å². The van der Waals surface area contributed by atoms with Crippen LogP contribution in [-0.2, 0) is 0 Å². The monoisotopic (exact) mass is 625 g/mol. The molecule has 0 aliphatic heterocycles. The molecule has 0 fully saturated rings. The molecule has 0 unspecified atom stereocenters. The summed E-state index contributed by atoms with van der Waals surface area (Å²) in [6.45, 7) is 0. The largest absolute Gasteiger partial charge is 0.306 e. The van der Waals surface area contributed by atoms with Gasteiger partial charge in [0.2, 0.25) is 0 Å². The molecule has 0 N–H and O–H groups in total. The normalized spacial score (nSPS) is 11.3. The molecule has 2 heterocycles. The van der Waals surface area contributed by atoms with E-state index in [9.17, 15) is 0 Å². The van der Waals surface area contributed by atoms with Crippen LogP contribution in [0.15, 0.2) is 188 Å². The molecule has 3 heteroatoms. The van der Waals surface area contributed by atoms with E-state index < -0.39 is 0 Å². The molecule has 0 saturated carbocycles. The van der Waals surface area contributed by atoms with Gasteiger partial charge in [-0.1, -0.05) is 164 Å². The predicted molar refractivity (Wildman–Crippen MR) is 204 cm³/mol. The average Bonchev–Trinajstić information content (AvgIpc) is 3.53. The Kier molecular flexibility index (Phi) is 7.14. The van der Waals surface area contributed by atoms with Gasteiger partial charge in [0.15, 0.2) is 5.82 Å². The van der Waals surface area contributed by atoms with Crippen molar-refractivity contribution in [3.05, 3.63) is 188 Å². The standard InChI is InChI=1S/C46H31N3/c1-4-13-32(14-5-1)34-23-25-35(26-24-34)36-27-29-37(30-28-36)46-47-43(39-18-12-17-38(31-39)33-15-6-2-7-16-33)45-44(48-46)41-21-10-11-22-42(41)49(45)40-19-8-3-9-20-40/h1-31H. The molecular weight excluding hydrogens is 595 g/mol. The summed E-state index contributed by atoms with van der Waals surface area (Å²) in [5.74, 6) is 0.703. The highest BCUT2D eigenvalue weighted by molar-refractivity contribution is 6.11. The van der Waals surface area contributed by atoms with Crippen LogP contribution in [-0.4, -0.2) is 14.5 Å². The van der Waals surface area contributed by atoms with Crippen molar-refractivity contribution in [1.82, 2.24) is 14.5 Å². The fraction of sp³-hybridized carbons (Fsp3) is 0. The molecule has 0 bridgehead atoms. The molecule has 3 nitrogen and oxygen atoms in total. The lowest BCUT2D eigenvalue weighted by atomic mass is 9.99. The summed E-state index contributed by atoms with van der Waals surface area (Å²) in [6.07, 6.45) is 0. The van der Waals surface area contributed by atoms with E-state index in [1.54, 1.807) is 0 Å². The maximum Gasteiger partial charge on any atom is 0.160 e. The molecule has 9 rings (SSSR count). The third-order valence-corrected chi connectivity index (χ3v) is 9.23. The number of benzene rings is 7. The van der Waals surface area contributed by atoms with Crippen molar-refractivity contribution in [2.24, 2.45) is 0 Å². The van der Waals surface area contributed by atoms with Crippen molar-refractivity contribution in [1.29, 1.82) is 0 Å². The minimum atomic E-state index is 0.703. The quantitative estimate of drug-likeness (QED) is 0.184. The maximum absolute atomic E-state index is 5.37. The Balaban J connectivity index is 1.21. The zero-order valence-electron chi connectivity index (χ0n) is 26.7. The first kappa shape index (κ1) is 28.6. The van der Waals surface area contributed by atoms with Gasteiger partial charge in [-0.05, 0) is 57.6 Å². The van der Waals surface area contributed by atoms with Gasteiger partial charge in [-0.25, -0.2) is 9.97 Å². The summed E-state index contributed by atoms with van der Waals surface area (Å²) in [6, 6.07) is 66.1. The number of para-hydroxylation sites is 2. The van der Waals surface area contributed by atoms with E-state index in [4.69, 9.17) is 9.97 Å². The summed E-state index contributed by atoms with van der Waals surface area (Å²) in [4.78, 5) is 10.7. The first-order valence-corrected chi connectivity index (χ1v) is 16.6. The van der Waals surface area contributed by atoms with Crippen molar-refractivity contribution in [3.8, 4) is 61.7 Å². The van der Waals surface area contributed by atoms with Crippen LogP contribution in [0, 0.1) is 0 Å². The van der Waals surface area contributed by atoms with Crippen LogP contribution in [0.4, 0.5) is 0 Å². The van der Waals surface area contributed by atoms with Gasteiger partial charge in [-0.2, -0.15) is 0 Å². The van der Waals surface area contributed by atoms with Crippen LogP contribution in [0.3, 0.4) is 0 Å². The molecule has 0 radical (unpaired) electrons. The molecule has 0 aliphatic rings. The molecule has 0 spiro atoms. The number of nitrogens with zero attached hydrogens (tertiary/aromatic N) is 3. The topological polar surface area (TPSA) is 30.7 Å². The van der Waals surface area contributed by atoms with Gasteiger partial charge in [0.25, 0.3) is 0 Å². The van der Waals surface area contributed by atoms with Crippen LogP contribution in [0.25, 0.3) is 83.6 Å². The average molecular weight is 626 g/mol. The zero-order valence-corrected chi connectivity index (χ0v) is 26.7. The molecule has 0 atom stereocenters. The minimum Gasteiger partial charge on any atom is -0.306 e. The van der Waals surface area contributed by atoms with Crippen LogP contribution >= 0.6 is 0 Å². The SMILES string of the molecule is c1ccc(-c2ccc(-c3ccc(-c4nc(-c5cccc(-c6ccccc6)c5)c5c(n4)c4ccccc4n5-c4ccccc4)cc3)cc2)cc1. The Morgan fingerprint density at radius 1 is 0.347 bits per heavy atom. The fourth-order valence-corrected chi connectivity index (χ4v) is 6.79. The third kappa shape index (κ3) is 5.28. The second-order valence-corrected chi connectivity index (χ2v) is 12.2. The lowest BCUT2D eigenvalue weighted by molar-refractivity contribution is 1.15. The lowest BCUT2D eigenvalue weighted by Crippen LogP contribution is -2.00. The van der Waals surface area contributed by atoms with E-state index in [1.807, 2.05) is 6.07 Å². The molecule has 9 aromatic rings. The van der Waals surface area contributed by atoms with Crippen LogP contribution in [0.5, 0.6) is 0 Å². The Labute approximate surface area is 285 Å². The van der Waals surface area contributed by atoms with E-state index in [0.29, 0.717) is 5.82 Å². The van der Waals surface area contributed by atoms with E-state index in [2.05, 4.69) is 187 Å². The second kappa shape index (κ2) is 12.2. The molecule has 49 heavy (non-hydrogen) atoms. The van der Waals surface area contributed by atoms with Crippen molar-refractivity contribution >= 4 is 21.9 Å². The van der Waals surface area contributed by atoms with Crippen LogP contribution in [0.2, 0.25) is 0 Å². The number of aromatic nitrogens is 3. The Morgan fingerprint density at radius 2 is 0.816 bits per heavy atom. The molecule has 230 valence electrons. The Bertz CT molecular complexity index is 2550. The number of fused-ring (bicyclic) bond motifs is 3. The second-order valence-electron chi connectivity index (χ2n) is 12.2. The fourth-order valence-electron chi connectivity index (χ4n) is 6.79. The van der Waals surface area contributed by atoms with Crippen LogP contribution < -0.4 is 0 Å². The highest BCUT2D eigenvalue weighted by Crippen LogP contribution is 2.39. The van der Waals surface area contributed by atoms with Gasteiger partial charge < -0.3 is 4.57 Å². The molecular formula is C46H31N3. The number of hydrogen-bond acceptors (Lipinski definition) is 2. The van der Waals surface area contributed by atoms with Gasteiger partial charge in [0.05, 0.1) is 16.7 Å². The summed E-state index contributed by atoms with van der Waals surface area (Å²) in [5, 5.41) is 1.10. The number of rotatable bonds is 6. The van der Waals surface area contributed by atoms with Gasteiger partial charge in [-0.15, -0.1) is 0 Å². The van der Waals surface area contributed by atoms with E-state index >= 15 is 0 Å². The Morgan fingerprint density at radius 3 is 1.45 bits per heavy atom. The zero-order chi connectivity index (χ0) is 32.6. The Hall–Kier alpha value is -6.58. The highest BCUT2D eigenvalue weighted by Gasteiger charge is 2.21. The third-order valence-electron chi connectivity index (χ3n) is 9.23. The van der Waals surface area contributed by atoms with Gasteiger partial charge in [-0.3, -0.25) is 0 Å². The van der Waals surface area contributed by atoms with Crippen molar-refractivity contribution in [2.45, 2.75) is 0 Å². The van der Waals surface area contributed by atoms with Gasteiger partial charge in [0.1, 0.15) is 5.52 Å². The molecule has 2 aromatic heterocycles. The molecule has 7 aromatic carbocycles. The minimum absolute atomic E-state index is 0.703. The maximum atomic E-state index is 5.37. The van der Waals surface area contributed by atoms with Gasteiger partial charge in [0, 0.05) is 22.2 Å². The molecule has 0 saturated heterocycles. The summed E-state index contributed by atoms with van der Waals surface area (Å²) in [5.41, 5.74) is 14.1. The van der Waals surface area contributed by atoms with Crippen molar-refractivity contribution < 1.29 is 0 Å². The van der Waals surface area contributed by atoms with Crippen molar-refractivity contribution in [2.75, 3.05) is 0 Å². The first-order chi connectivity index (χ1) is 24.3. The highest BCUT2D eigenvalue weighted by atomic mass is 15.0. The first-order valence-electron chi connectivity index (χ1n) is 16.6. The van der Waals surface area contributed by atoms with E-state index in [1.165, 1.54) is 22.3 Å². The smallest absolute Gasteiger partial charge is 0.160 e. The van der Waals surface area contributed by atoms with Gasteiger partial charge >= 0.3 is 0 Å². The van der Waals surface area contributed by atoms with E-state index in [-0.39, 0.29) is 0 Å². The summed E-state index contributed by atoms with van der Waals surface area (Å²) >= 11 is 0. The lowest BCUT2D eigenvalue weighted by Gasteiger charge is -2.13. The predicted octanol–water partition coefficient (Wildman–Crippen LogP) is 11.9.